The Morgan fingerprint density at radius 3 is 2.45 bits per heavy atom. The van der Waals surface area contributed by atoms with Crippen LogP contribution in [0, 0.1) is 12.5 Å². The van der Waals surface area contributed by atoms with Crippen LogP contribution in [0.1, 0.15) is 26.7 Å². The van der Waals surface area contributed by atoms with E-state index in [1.165, 1.54) is 0 Å². The molecule has 11 heavy (non-hydrogen) atoms. The Morgan fingerprint density at radius 2 is 2.18 bits per heavy atom. The first-order valence-corrected chi connectivity index (χ1v) is 3.62. The van der Waals surface area contributed by atoms with Gasteiger partial charge in [-0.3, -0.25) is 0 Å². The zero-order valence-electron chi connectivity index (χ0n) is 6.83. The fraction of sp³-hybridized carbons (Fsp3) is 0.750. The summed E-state index contributed by atoms with van der Waals surface area (Å²) in [5, 5.41) is 10.1. The summed E-state index contributed by atoms with van der Waals surface area (Å²) in [5.74, 6) is -0.764. The summed E-state index contributed by atoms with van der Waals surface area (Å²) in [6.45, 7) is 10.6. The van der Waals surface area contributed by atoms with Crippen molar-refractivity contribution in [2.24, 2.45) is 5.92 Å². The Bertz CT molecular complexity index is 169. The molecule has 0 aromatic heterocycles. The number of rotatable bonds is 4. The highest BCUT2D eigenvalue weighted by molar-refractivity contribution is 5.65. The van der Waals surface area contributed by atoms with Crippen molar-refractivity contribution >= 4 is 5.97 Å². The number of hydrogen-bond acceptors (Lipinski definition) is 2. The van der Waals surface area contributed by atoms with Crippen LogP contribution in [-0.2, 0) is 4.79 Å². The van der Waals surface area contributed by atoms with Crippen LogP contribution in [0.2, 0.25) is 0 Å². The largest absolute Gasteiger partial charge is 0.550 e. The SMILES string of the molecule is [C-]#[N+][C@@H](CC(=O)[O-])CC(C)C. The minimum Gasteiger partial charge on any atom is -0.550 e. The molecule has 0 amide bonds. The smallest absolute Gasteiger partial charge is 0.229 e. The second-order valence-electron chi connectivity index (χ2n) is 2.99. The monoisotopic (exact) mass is 154 g/mol. The van der Waals surface area contributed by atoms with Crippen molar-refractivity contribution in [3.63, 3.8) is 0 Å². The summed E-state index contributed by atoms with van der Waals surface area (Å²) >= 11 is 0. The van der Waals surface area contributed by atoms with Crippen molar-refractivity contribution in [1.82, 2.24) is 0 Å². The lowest BCUT2D eigenvalue weighted by Crippen LogP contribution is -2.26. The maximum Gasteiger partial charge on any atom is 0.229 e. The Labute approximate surface area is 66.9 Å². The Kier molecular flexibility index (Phi) is 4.28. The van der Waals surface area contributed by atoms with Crippen molar-refractivity contribution in [1.29, 1.82) is 0 Å². The van der Waals surface area contributed by atoms with E-state index in [9.17, 15) is 9.90 Å². The van der Waals surface area contributed by atoms with Gasteiger partial charge in [-0.1, -0.05) is 13.8 Å². The van der Waals surface area contributed by atoms with Gasteiger partial charge in [-0.05, 0) is 5.92 Å². The van der Waals surface area contributed by atoms with Gasteiger partial charge in [0.05, 0.1) is 6.42 Å². The molecule has 0 aromatic rings. The van der Waals surface area contributed by atoms with Gasteiger partial charge in [0.2, 0.25) is 6.04 Å². The van der Waals surface area contributed by atoms with Crippen molar-refractivity contribution in [2.45, 2.75) is 32.7 Å². The van der Waals surface area contributed by atoms with Crippen LogP contribution in [0.3, 0.4) is 0 Å². The van der Waals surface area contributed by atoms with Crippen LogP contribution in [-0.4, -0.2) is 12.0 Å². The maximum atomic E-state index is 10.1. The number of carbonyl (C=O) groups is 1. The van der Waals surface area contributed by atoms with E-state index in [1.54, 1.807) is 0 Å². The van der Waals surface area contributed by atoms with E-state index in [0.29, 0.717) is 12.3 Å². The second-order valence-corrected chi connectivity index (χ2v) is 2.99. The fourth-order valence-corrected chi connectivity index (χ4v) is 0.918. The van der Waals surface area contributed by atoms with Gasteiger partial charge in [-0.25, -0.2) is 6.57 Å². The Hall–Kier alpha value is -1.04. The molecule has 0 heterocycles. The van der Waals surface area contributed by atoms with Gasteiger partial charge in [0.15, 0.2) is 0 Å². The summed E-state index contributed by atoms with van der Waals surface area (Å²) in [6.07, 6.45) is 0.499. The van der Waals surface area contributed by atoms with Crippen molar-refractivity contribution in [3.05, 3.63) is 11.4 Å². The Balaban J connectivity index is 3.79. The lowest BCUT2D eigenvalue weighted by Gasteiger charge is -2.07. The normalized spacial score (nSPS) is 12.5. The zero-order chi connectivity index (χ0) is 8.85. The molecule has 0 saturated heterocycles. The van der Waals surface area contributed by atoms with E-state index in [-0.39, 0.29) is 6.42 Å². The van der Waals surface area contributed by atoms with Gasteiger partial charge in [0, 0.05) is 12.4 Å². The van der Waals surface area contributed by atoms with Crippen LogP contribution in [0.4, 0.5) is 0 Å². The minimum absolute atomic E-state index is 0.137. The molecule has 0 aliphatic rings. The molecule has 3 heteroatoms. The number of carboxylic acid groups (broad SMARTS) is 1. The molecule has 1 atom stereocenters. The van der Waals surface area contributed by atoms with E-state index >= 15 is 0 Å². The van der Waals surface area contributed by atoms with Gasteiger partial charge < -0.3 is 14.7 Å². The first-order valence-electron chi connectivity index (χ1n) is 3.62. The molecule has 0 aliphatic heterocycles. The lowest BCUT2D eigenvalue weighted by molar-refractivity contribution is -0.305. The van der Waals surface area contributed by atoms with Crippen molar-refractivity contribution in [3.8, 4) is 0 Å². The molecule has 0 aliphatic carbocycles. The molecule has 0 bridgehead atoms. The van der Waals surface area contributed by atoms with Gasteiger partial charge >= 0.3 is 0 Å². The van der Waals surface area contributed by atoms with Gasteiger partial charge in [0.1, 0.15) is 0 Å². The summed E-state index contributed by atoms with van der Waals surface area (Å²) in [7, 11) is 0. The molecule has 0 aromatic carbocycles. The summed E-state index contributed by atoms with van der Waals surface area (Å²) in [4.78, 5) is 13.3. The predicted molar refractivity (Wildman–Crippen MR) is 39.5 cm³/mol. The second kappa shape index (κ2) is 4.73. The van der Waals surface area contributed by atoms with Gasteiger partial charge in [0.25, 0.3) is 0 Å². The molecular formula is C8H12NO2-. The quantitative estimate of drug-likeness (QED) is 0.552. The number of nitrogens with zero attached hydrogens (tertiary/aromatic N) is 1. The first-order chi connectivity index (χ1) is 5.06. The highest BCUT2D eigenvalue weighted by atomic mass is 16.4. The van der Waals surface area contributed by atoms with Crippen molar-refractivity contribution in [2.75, 3.05) is 0 Å². The molecule has 0 fully saturated rings. The molecule has 0 radical (unpaired) electrons. The van der Waals surface area contributed by atoms with Crippen LogP contribution in [0.5, 0.6) is 0 Å². The Morgan fingerprint density at radius 1 is 1.64 bits per heavy atom. The van der Waals surface area contributed by atoms with E-state index in [2.05, 4.69) is 4.85 Å². The highest BCUT2D eigenvalue weighted by Crippen LogP contribution is 2.10. The molecule has 0 saturated carbocycles. The van der Waals surface area contributed by atoms with Crippen LogP contribution >= 0.6 is 0 Å². The third kappa shape index (κ3) is 5.41. The molecular weight excluding hydrogens is 142 g/mol. The molecule has 0 rings (SSSR count). The summed E-state index contributed by atoms with van der Waals surface area (Å²) in [5.41, 5.74) is 0. The topological polar surface area (TPSA) is 44.5 Å². The molecule has 0 unspecified atom stereocenters. The van der Waals surface area contributed by atoms with E-state index in [1.807, 2.05) is 13.8 Å². The first kappa shape index (κ1) is 9.96. The number of carbonyl (C=O) groups excluding carboxylic acids is 1. The third-order valence-electron chi connectivity index (χ3n) is 1.33. The van der Waals surface area contributed by atoms with E-state index in [4.69, 9.17) is 6.57 Å². The highest BCUT2D eigenvalue weighted by Gasteiger charge is 2.14. The average molecular weight is 154 g/mol. The summed E-state index contributed by atoms with van der Waals surface area (Å²) < 4.78 is 0. The number of hydrogen-bond donors (Lipinski definition) is 0. The molecule has 3 nitrogen and oxygen atoms in total. The molecule has 0 N–H and O–H groups in total. The number of aliphatic carboxylic acids is 1. The van der Waals surface area contributed by atoms with E-state index in [0.717, 1.165) is 0 Å². The third-order valence-corrected chi connectivity index (χ3v) is 1.33. The summed E-state index contributed by atoms with van der Waals surface area (Å²) in [6, 6.07) is -0.403. The van der Waals surface area contributed by atoms with Crippen LogP contribution < -0.4 is 5.11 Å². The minimum atomic E-state index is -1.13. The maximum absolute atomic E-state index is 10.1. The average Bonchev–Trinajstić information content (AvgIpc) is 1.84. The van der Waals surface area contributed by atoms with Gasteiger partial charge in [-0.15, -0.1) is 0 Å². The molecule has 62 valence electrons. The predicted octanol–water partition coefficient (Wildman–Crippen LogP) is 0.460. The van der Waals surface area contributed by atoms with Crippen molar-refractivity contribution < 1.29 is 9.90 Å². The lowest BCUT2D eigenvalue weighted by atomic mass is 10.0. The van der Waals surface area contributed by atoms with Crippen LogP contribution in [0.15, 0.2) is 0 Å². The molecule has 0 spiro atoms. The van der Waals surface area contributed by atoms with Crippen LogP contribution in [0.25, 0.3) is 4.85 Å². The number of carboxylic acids is 1. The fourth-order valence-electron chi connectivity index (χ4n) is 0.918. The standard InChI is InChI=1S/C8H13NO2/c1-6(2)4-7(9-3)5-8(10)11/h6-7H,4-5H2,1-2H3,(H,10,11)/p-1/t7-/m1/s1. The van der Waals surface area contributed by atoms with E-state index < -0.39 is 12.0 Å². The van der Waals surface area contributed by atoms with Gasteiger partial charge in [-0.2, -0.15) is 0 Å². The zero-order valence-corrected chi connectivity index (χ0v) is 6.83.